The van der Waals surface area contributed by atoms with Gasteiger partial charge in [0.25, 0.3) is 5.69 Å². The summed E-state index contributed by atoms with van der Waals surface area (Å²) >= 11 is 1.59. The lowest BCUT2D eigenvalue weighted by atomic mass is 10.1. The highest BCUT2D eigenvalue weighted by Gasteiger charge is 2.08. The lowest BCUT2D eigenvalue weighted by Crippen LogP contribution is -1.94. The van der Waals surface area contributed by atoms with E-state index in [1.54, 1.807) is 23.5 Å². The van der Waals surface area contributed by atoms with Gasteiger partial charge in [-0.2, -0.15) is 0 Å². The monoisotopic (exact) mass is 263 g/mol. The number of nitro benzene ring substituents is 1. The van der Waals surface area contributed by atoms with Gasteiger partial charge in [-0.15, -0.1) is 11.3 Å². The highest BCUT2D eigenvalue weighted by molar-refractivity contribution is 7.11. The number of nitro groups is 1. The van der Waals surface area contributed by atoms with Crippen molar-refractivity contribution >= 4 is 17.0 Å². The van der Waals surface area contributed by atoms with Gasteiger partial charge < -0.3 is 5.73 Å². The molecule has 0 aliphatic heterocycles. The SMILES string of the molecule is Cc1nc(Cc2ccc([N+](=O)[O-])cc2)sc1CN. The molecule has 1 aromatic carbocycles. The maximum atomic E-state index is 10.5. The standard InChI is InChI=1S/C12H13N3O2S/c1-8-11(7-13)18-12(14-8)6-9-2-4-10(5-3-9)15(16)17/h2-5H,6-7,13H2,1H3. The summed E-state index contributed by atoms with van der Waals surface area (Å²) in [7, 11) is 0. The fourth-order valence-electron chi connectivity index (χ4n) is 1.66. The third kappa shape index (κ3) is 2.72. The fraction of sp³-hybridized carbons (Fsp3) is 0.250. The molecule has 5 nitrogen and oxygen atoms in total. The summed E-state index contributed by atoms with van der Waals surface area (Å²) in [6, 6.07) is 6.55. The predicted molar refractivity (Wildman–Crippen MR) is 70.6 cm³/mol. The van der Waals surface area contributed by atoms with Gasteiger partial charge in [0, 0.05) is 30.0 Å². The van der Waals surface area contributed by atoms with Crippen LogP contribution in [0.4, 0.5) is 5.69 Å². The van der Waals surface area contributed by atoms with Gasteiger partial charge in [-0.3, -0.25) is 10.1 Å². The number of hydrogen-bond acceptors (Lipinski definition) is 5. The summed E-state index contributed by atoms with van der Waals surface area (Å²) in [5.74, 6) is 0. The molecule has 94 valence electrons. The zero-order chi connectivity index (χ0) is 13.1. The van der Waals surface area contributed by atoms with Gasteiger partial charge in [-0.05, 0) is 12.5 Å². The molecule has 0 spiro atoms. The van der Waals surface area contributed by atoms with Crippen LogP contribution in [0, 0.1) is 17.0 Å². The molecular weight excluding hydrogens is 250 g/mol. The van der Waals surface area contributed by atoms with E-state index in [4.69, 9.17) is 5.73 Å². The molecule has 0 atom stereocenters. The Balaban J connectivity index is 2.15. The van der Waals surface area contributed by atoms with Crippen molar-refractivity contribution in [3.05, 3.63) is 55.5 Å². The van der Waals surface area contributed by atoms with Crippen LogP contribution in [0.25, 0.3) is 0 Å². The zero-order valence-electron chi connectivity index (χ0n) is 9.92. The maximum absolute atomic E-state index is 10.5. The van der Waals surface area contributed by atoms with Gasteiger partial charge in [0.05, 0.1) is 15.6 Å². The summed E-state index contributed by atoms with van der Waals surface area (Å²) in [5.41, 5.74) is 7.70. The molecule has 0 aliphatic rings. The molecule has 18 heavy (non-hydrogen) atoms. The molecular formula is C12H13N3O2S. The van der Waals surface area contributed by atoms with Crippen molar-refractivity contribution in [2.45, 2.75) is 19.9 Å². The molecule has 2 rings (SSSR count). The van der Waals surface area contributed by atoms with Crippen molar-refractivity contribution in [1.82, 2.24) is 4.98 Å². The largest absolute Gasteiger partial charge is 0.326 e. The van der Waals surface area contributed by atoms with Crippen molar-refractivity contribution in [2.75, 3.05) is 0 Å². The summed E-state index contributed by atoms with van der Waals surface area (Å²) in [4.78, 5) is 15.7. The van der Waals surface area contributed by atoms with E-state index in [9.17, 15) is 10.1 Å². The van der Waals surface area contributed by atoms with Crippen LogP contribution in [0.5, 0.6) is 0 Å². The van der Waals surface area contributed by atoms with Crippen LogP contribution in [0.2, 0.25) is 0 Å². The van der Waals surface area contributed by atoms with Gasteiger partial charge in [0.15, 0.2) is 0 Å². The Morgan fingerprint density at radius 2 is 2.06 bits per heavy atom. The molecule has 1 aromatic heterocycles. The summed E-state index contributed by atoms with van der Waals surface area (Å²) < 4.78 is 0. The van der Waals surface area contributed by atoms with Crippen LogP contribution in [0.1, 0.15) is 21.1 Å². The molecule has 6 heteroatoms. The normalized spacial score (nSPS) is 10.6. The molecule has 0 unspecified atom stereocenters. The second-order valence-corrected chi connectivity index (χ2v) is 5.09. The van der Waals surface area contributed by atoms with Gasteiger partial charge in [-0.25, -0.2) is 4.98 Å². The van der Waals surface area contributed by atoms with Crippen molar-refractivity contribution in [1.29, 1.82) is 0 Å². The van der Waals surface area contributed by atoms with E-state index in [0.717, 1.165) is 21.1 Å². The first-order valence-corrected chi connectivity index (χ1v) is 6.30. The van der Waals surface area contributed by atoms with E-state index in [-0.39, 0.29) is 5.69 Å². The minimum atomic E-state index is -0.399. The Morgan fingerprint density at radius 1 is 1.39 bits per heavy atom. The van der Waals surface area contributed by atoms with E-state index in [0.29, 0.717) is 13.0 Å². The lowest BCUT2D eigenvalue weighted by molar-refractivity contribution is -0.384. The molecule has 0 aliphatic carbocycles. The molecule has 0 saturated carbocycles. The van der Waals surface area contributed by atoms with E-state index in [1.165, 1.54) is 12.1 Å². The first-order valence-electron chi connectivity index (χ1n) is 5.48. The van der Waals surface area contributed by atoms with Gasteiger partial charge in [-0.1, -0.05) is 12.1 Å². The van der Waals surface area contributed by atoms with Gasteiger partial charge in [0.1, 0.15) is 0 Å². The van der Waals surface area contributed by atoms with Gasteiger partial charge >= 0.3 is 0 Å². The van der Waals surface area contributed by atoms with E-state index in [1.807, 2.05) is 6.92 Å². The van der Waals surface area contributed by atoms with Crippen molar-refractivity contribution < 1.29 is 4.92 Å². The maximum Gasteiger partial charge on any atom is 0.269 e. The second-order valence-electron chi connectivity index (χ2n) is 3.92. The minimum absolute atomic E-state index is 0.108. The Bertz CT molecular complexity index is 563. The van der Waals surface area contributed by atoms with Crippen LogP contribution in [0.15, 0.2) is 24.3 Å². The van der Waals surface area contributed by atoms with Crippen LogP contribution < -0.4 is 5.73 Å². The Kier molecular flexibility index (Phi) is 3.69. The van der Waals surface area contributed by atoms with Gasteiger partial charge in [0.2, 0.25) is 0 Å². The molecule has 1 heterocycles. The number of aromatic nitrogens is 1. The third-order valence-corrected chi connectivity index (χ3v) is 3.80. The molecule has 0 saturated heterocycles. The number of thiazole rings is 1. The third-order valence-electron chi connectivity index (χ3n) is 2.62. The molecule has 0 amide bonds. The number of aryl methyl sites for hydroxylation is 1. The number of nitrogens with zero attached hydrogens (tertiary/aromatic N) is 2. The average molecular weight is 263 g/mol. The summed E-state index contributed by atoms with van der Waals surface area (Å²) in [5, 5.41) is 11.5. The van der Waals surface area contributed by atoms with E-state index >= 15 is 0 Å². The Morgan fingerprint density at radius 3 is 2.56 bits per heavy atom. The first-order chi connectivity index (χ1) is 8.60. The fourth-order valence-corrected chi connectivity index (χ4v) is 2.65. The highest BCUT2D eigenvalue weighted by Crippen LogP contribution is 2.21. The number of benzene rings is 1. The van der Waals surface area contributed by atoms with E-state index < -0.39 is 4.92 Å². The quantitative estimate of drug-likeness (QED) is 0.678. The van der Waals surface area contributed by atoms with Crippen LogP contribution >= 0.6 is 11.3 Å². The molecule has 0 radical (unpaired) electrons. The number of hydrogen-bond donors (Lipinski definition) is 1. The molecule has 2 N–H and O–H groups in total. The number of nitrogens with two attached hydrogens (primary N) is 1. The van der Waals surface area contributed by atoms with Crippen LogP contribution in [0.3, 0.4) is 0 Å². The van der Waals surface area contributed by atoms with Crippen molar-refractivity contribution in [3.8, 4) is 0 Å². The molecule has 0 bridgehead atoms. The van der Waals surface area contributed by atoms with E-state index in [2.05, 4.69) is 4.98 Å². The smallest absolute Gasteiger partial charge is 0.269 e. The Labute approximate surface area is 108 Å². The first kappa shape index (κ1) is 12.7. The predicted octanol–water partition coefficient (Wildman–Crippen LogP) is 2.41. The van der Waals surface area contributed by atoms with Crippen molar-refractivity contribution in [3.63, 3.8) is 0 Å². The topological polar surface area (TPSA) is 82.0 Å². The lowest BCUT2D eigenvalue weighted by Gasteiger charge is -1.97. The highest BCUT2D eigenvalue weighted by atomic mass is 32.1. The molecule has 2 aromatic rings. The van der Waals surface area contributed by atoms with Crippen LogP contribution in [-0.2, 0) is 13.0 Å². The van der Waals surface area contributed by atoms with Crippen molar-refractivity contribution in [2.24, 2.45) is 5.73 Å². The number of non-ortho nitro benzene ring substituents is 1. The average Bonchev–Trinajstić information content (AvgIpc) is 2.70. The zero-order valence-corrected chi connectivity index (χ0v) is 10.7. The minimum Gasteiger partial charge on any atom is -0.326 e. The summed E-state index contributed by atoms with van der Waals surface area (Å²) in [6.07, 6.45) is 0.684. The Hall–Kier alpha value is -1.79. The second kappa shape index (κ2) is 5.24. The molecule has 0 fully saturated rings. The van der Waals surface area contributed by atoms with Crippen LogP contribution in [-0.4, -0.2) is 9.91 Å². The number of rotatable bonds is 4. The summed E-state index contributed by atoms with van der Waals surface area (Å²) in [6.45, 7) is 2.45.